The van der Waals surface area contributed by atoms with Gasteiger partial charge in [-0.1, -0.05) is 48.5 Å². The Morgan fingerprint density at radius 2 is 1.84 bits per heavy atom. The summed E-state index contributed by atoms with van der Waals surface area (Å²) >= 11 is 1.62. The van der Waals surface area contributed by atoms with Gasteiger partial charge in [0.05, 0.1) is 6.10 Å². The molecule has 0 bridgehead atoms. The molecule has 0 saturated carbocycles. The van der Waals surface area contributed by atoms with E-state index in [4.69, 9.17) is 4.74 Å². The molecule has 1 fully saturated rings. The summed E-state index contributed by atoms with van der Waals surface area (Å²) in [5, 5.41) is -0.232. The van der Waals surface area contributed by atoms with Crippen molar-refractivity contribution in [3.05, 3.63) is 66.2 Å². The third kappa shape index (κ3) is 4.86. The van der Waals surface area contributed by atoms with E-state index in [9.17, 15) is 4.79 Å². The molecule has 1 saturated heterocycles. The van der Waals surface area contributed by atoms with E-state index in [2.05, 4.69) is 12.1 Å². The van der Waals surface area contributed by atoms with Gasteiger partial charge in [0.1, 0.15) is 5.25 Å². The number of benzene rings is 2. The van der Waals surface area contributed by atoms with Crippen molar-refractivity contribution < 1.29 is 9.53 Å². The monoisotopic (exact) mass is 355 g/mol. The minimum Gasteiger partial charge on any atom is -0.376 e. The highest BCUT2D eigenvalue weighted by atomic mass is 32.2. The lowest BCUT2D eigenvalue weighted by atomic mass is 10.1. The quantitative estimate of drug-likeness (QED) is 0.683. The van der Waals surface area contributed by atoms with Crippen LogP contribution in [0.25, 0.3) is 0 Å². The van der Waals surface area contributed by atoms with Crippen LogP contribution in [-0.2, 0) is 9.53 Å². The summed E-state index contributed by atoms with van der Waals surface area (Å²) in [6.45, 7) is 4.25. The van der Waals surface area contributed by atoms with Gasteiger partial charge in [0.15, 0.2) is 0 Å². The van der Waals surface area contributed by atoms with Crippen LogP contribution in [0.15, 0.2) is 65.6 Å². The number of nitrogens with zero attached hydrogens (tertiary/aromatic N) is 1. The average Bonchev–Trinajstić information content (AvgIpc) is 3.18. The van der Waals surface area contributed by atoms with Gasteiger partial charge in [-0.25, -0.2) is 0 Å². The highest BCUT2D eigenvalue weighted by Crippen LogP contribution is 2.36. The fourth-order valence-electron chi connectivity index (χ4n) is 3.10. The molecule has 132 valence electrons. The zero-order chi connectivity index (χ0) is 17.5. The van der Waals surface area contributed by atoms with Gasteiger partial charge in [0, 0.05) is 24.6 Å². The van der Waals surface area contributed by atoms with Crippen molar-refractivity contribution in [3.63, 3.8) is 0 Å². The topological polar surface area (TPSA) is 29.5 Å². The number of thioether (sulfide) groups is 1. The Kier molecular flexibility index (Phi) is 6.54. The molecule has 1 aliphatic heterocycles. The molecule has 3 nitrogen and oxygen atoms in total. The van der Waals surface area contributed by atoms with Crippen molar-refractivity contribution >= 4 is 17.7 Å². The summed E-state index contributed by atoms with van der Waals surface area (Å²) in [7, 11) is 0. The fraction of sp³-hybridized carbons (Fsp3) is 0.381. The minimum absolute atomic E-state index is 0.165. The van der Waals surface area contributed by atoms with E-state index in [-0.39, 0.29) is 17.3 Å². The molecule has 2 unspecified atom stereocenters. The first-order valence-electron chi connectivity index (χ1n) is 8.95. The maximum Gasteiger partial charge on any atom is 0.240 e. The second-order valence-corrected chi connectivity index (χ2v) is 7.41. The number of carbonyl (C=O) groups is 1. The molecule has 0 aromatic heterocycles. The van der Waals surface area contributed by atoms with E-state index in [0.717, 1.165) is 29.9 Å². The SMILES string of the molecule is CCN(CC1CCCO1)C(=O)C(Sc1ccccc1)c1ccccc1. The number of likely N-dealkylation sites (N-methyl/N-ethyl adjacent to an activating group) is 1. The molecule has 4 heteroatoms. The van der Waals surface area contributed by atoms with Crippen molar-refractivity contribution in [3.8, 4) is 0 Å². The zero-order valence-corrected chi connectivity index (χ0v) is 15.5. The number of carbonyl (C=O) groups excluding carboxylic acids is 1. The Hall–Kier alpha value is -1.78. The van der Waals surface area contributed by atoms with Crippen LogP contribution < -0.4 is 0 Å². The van der Waals surface area contributed by atoms with Crippen LogP contribution in [-0.4, -0.2) is 36.6 Å². The Bertz CT molecular complexity index is 656. The standard InChI is InChI=1S/C21H25NO2S/c1-2-22(16-18-12-9-15-24-18)21(23)20(17-10-5-3-6-11-17)25-19-13-7-4-8-14-19/h3-8,10-11,13-14,18,20H,2,9,12,15-16H2,1H3. The summed E-state index contributed by atoms with van der Waals surface area (Å²) in [5.74, 6) is 0.165. The summed E-state index contributed by atoms with van der Waals surface area (Å²) in [4.78, 5) is 16.4. The molecule has 0 spiro atoms. The lowest BCUT2D eigenvalue weighted by molar-refractivity contribution is -0.132. The van der Waals surface area contributed by atoms with Crippen LogP contribution in [0.1, 0.15) is 30.6 Å². The Morgan fingerprint density at radius 3 is 2.44 bits per heavy atom. The van der Waals surface area contributed by atoms with Crippen molar-refractivity contribution in [1.82, 2.24) is 4.90 Å². The molecular formula is C21H25NO2S. The molecule has 0 radical (unpaired) electrons. The van der Waals surface area contributed by atoms with E-state index >= 15 is 0 Å². The Labute approximate surface area is 154 Å². The minimum atomic E-state index is -0.232. The highest BCUT2D eigenvalue weighted by molar-refractivity contribution is 8.00. The molecule has 1 aliphatic rings. The third-order valence-electron chi connectivity index (χ3n) is 4.47. The smallest absolute Gasteiger partial charge is 0.240 e. The van der Waals surface area contributed by atoms with Gasteiger partial charge >= 0.3 is 0 Å². The Balaban J connectivity index is 1.80. The number of hydrogen-bond donors (Lipinski definition) is 0. The predicted octanol–water partition coefficient (Wildman–Crippen LogP) is 4.55. The molecule has 2 atom stereocenters. The lowest BCUT2D eigenvalue weighted by Gasteiger charge is -2.28. The molecule has 2 aromatic rings. The van der Waals surface area contributed by atoms with Gasteiger partial charge in [-0.15, -0.1) is 11.8 Å². The van der Waals surface area contributed by atoms with Gasteiger partial charge < -0.3 is 9.64 Å². The van der Waals surface area contributed by atoms with Crippen molar-refractivity contribution in [2.24, 2.45) is 0 Å². The molecule has 2 aromatic carbocycles. The lowest BCUT2D eigenvalue weighted by Crippen LogP contribution is -2.39. The molecular weight excluding hydrogens is 330 g/mol. The molecule has 25 heavy (non-hydrogen) atoms. The summed E-state index contributed by atoms with van der Waals surface area (Å²) in [5.41, 5.74) is 1.05. The van der Waals surface area contributed by atoms with Crippen molar-refractivity contribution in [1.29, 1.82) is 0 Å². The first-order chi connectivity index (χ1) is 12.3. The summed E-state index contributed by atoms with van der Waals surface area (Å²) < 4.78 is 5.74. The molecule has 3 rings (SSSR count). The number of rotatable bonds is 7. The normalized spacial score (nSPS) is 18.0. The number of hydrogen-bond acceptors (Lipinski definition) is 3. The second kappa shape index (κ2) is 9.07. The van der Waals surface area contributed by atoms with Crippen LogP contribution in [0.2, 0.25) is 0 Å². The molecule has 0 aliphatic carbocycles. The van der Waals surface area contributed by atoms with Crippen LogP contribution >= 0.6 is 11.8 Å². The van der Waals surface area contributed by atoms with Crippen molar-refractivity contribution in [2.45, 2.75) is 36.0 Å². The zero-order valence-electron chi connectivity index (χ0n) is 14.6. The third-order valence-corrected chi connectivity index (χ3v) is 5.72. The summed E-state index contributed by atoms with van der Waals surface area (Å²) in [6, 6.07) is 20.2. The number of amides is 1. The van der Waals surface area contributed by atoms with Crippen LogP contribution in [0.5, 0.6) is 0 Å². The summed E-state index contributed by atoms with van der Waals surface area (Å²) in [6.07, 6.45) is 2.32. The first kappa shape index (κ1) is 18.0. The van der Waals surface area contributed by atoms with Crippen LogP contribution in [0, 0.1) is 0 Å². The van der Waals surface area contributed by atoms with Gasteiger partial charge in [-0.05, 0) is 37.5 Å². The van der Waals surface area contributed by atoms with Gasteiger partial charge in [0.25, 0.3) is 0 Å². The van der Waals surface area contributed by atoms with Crippen LogP contribution in [0.3, 0.4) is 0 Å². The molecule has 0 N–H and O–H groups in total. The molecule has 1 heterocycles. The first-order valence-corrected chi connectivity index (χ1v) is 9.83. The van der Waals surface area contributed by atoms with E-state index in [1.807, 2.05) is 60.4 Å². The molecule has 1 amide bonds. The maximum absolute atomic E-state index is 13.3. The highest BCUT2D eigenvalue weighted by Gasteiger charge is 2.29. The van der Waals surface area contributed by atoms with Crippen LogP contribution in [0.4, 0.5) is 0 Å². The predicted molar refractivity (Wildman–Crippen MR) is 103 cm³/mol. The fourth-order valence-corrected chi connectivity index (χ4v) is 4.23. The second-order valence-electron chi connectivity index (χ2n) is 6.23. The number of ether oxygens (including phenoxy) is 1. The largest absolute Gasteiger partial charge is 0.376 e. The van der Waals surface area contributed by atoms with Gasteiger partial charge in [-0.2, -0.15) is 0 Å². The van der Waals surface area contributed by atoms with Crippen molar-refractivity contribution in [2.75, 3.05) is 19.7 Å². The van der Waals surface area contributed by atoms with E-state index < -0.39 is 0 Å². The van der Waals surface area contributed by atoms with Gasteiger partial charge in [-0.3, -0.25) is 4.79 Å². The van der Waals surface area contributed by atoms with E-state index in [0.29, 0.717) is 13.1 Å². The van der Waals surface area contributed by atoms with E-state index in [1.165, 1.54) is 0 Å². The average molecular weight is 356 g/mol. The van der Waals surface area contributed by atoms with E-state index in [1.54, 1.807) is 11.8 Å². The Morgan fingerprint density at radius 1 is 1.16 bits per heavy atom. The van der Waals surface area contributed by atoms with Gasteiger partial charge in [0.2, 0.25) is 5.91 Å². The maximum atomic E-state index is 13.3.